The number of imidazole rings is 1. The number of fused-ring (bicyclic) bond motifs is 1. The Labute approximate surface area is 170 Å². The number of anilines is 1. The Morgan fingerprint density at radius 3 is 2.86 bits per heavy atom. The molecule has 0 bridgehead atoms. The van der Waals surface area contributed by atoms with Gasteiger partial charge in [-0.3, -0.25) is 14.9 Å². The lowest BCUT2D eigenvalue weighted by Gasteiger charge is -2.03. The van der Waals surface area contributed by atoms with Gasteiger partial charge in [0.2, 0.25) is 5.91 Å². The molecule has 148 valence electrons. The van der Waals surface area contributed by atoms with Crippen molar-refractivity contribution in [3.05, 3.63) is 65.3 Å². The van der Waals surface area contributed by atoms with Gasteiger partial charge < -0.3 is 14.7 Å². The lowest BCUT2D eigenvalue weighted by atomic mass is 10.3. The molecular formula is C20H19N5O3S. The summed E-state index contributed by atoms with van der Waals surface area (Å²) in [5.74, 6) is 0.649. The van der Waals surface area contributed by atoms with Gasteiger partial charge in [0, 0.05) is 18.3 Å². The van der Waals surface area contributed by atoms with Crippen LogP contribution in [0.5, 0.6) is 0 Å². The zero-order valence-electron chi connectivity index (χ0n) is 15.5. The highest BCUT2D eigenvalue weighted by atomic mass is 32.1. The van der Waals surface area contributed by atoms with Crippen molar-refractivity contribution >= 4 is 39.3 Å². The molecule has 0 spiro atoms. The van der Waals surface area contributed by atoms with E-state index in [-0.39, 0.29) is 24.0 Å². The number of aryl methyl sites for hydroxylation is 1. The summed E-state index contributed by atoms with van der Waals surface area (Å²) >= 11 is 1.27. The molecule has 0 fully saturated rings. The van der Waals surface area contributed by atoms with E-state index in [1.54, 1.807) is 17.5 Å². The molecule has 0 aliphatic carbocycles. The molecule has 0 unspecified atom stereocenters. The standard InChI is InChI=1S/C20H19N5O3S/c26-18(21-9-3-8-17-23-14-5-1-2-6-15(14)24-17)11-13-12-29-20(22-13)25-19(27)16-7-4-10-28-16/h1-2,4-7,10,12H,3,8-9,11H2,(H,21,26)(H,23,24)(H,22,25,27). The predicted molar refractivity (Wildman–Crippen MR) is 110 cm³/mol. The minimum atomic E-state index is -0.370. The molecule has 4 aromatic rings. The zero-order valence-corrected chi connectivity index (χ0v) is 16.3. The lowest BCUT2D eigenvalue weighted by molar-refractivity contribution is -0.120. The van der Waals surface area contributed by atoms with Gasteiger partial charge in [0.15, 0.2) is 10.9 Å². The summed E-state index contributed by atoms with van der Waals surface area (Å²) in [6.07, 6.45) is 3.14. The highest BCUT2D eigenvalue weighted by Gasteiger charge is 2.12. The highest BCUT2D eigenvalue weighted by Crippen LogP contribution is 2.17. The van der Waals surface area contributed by atoms with Crippen LogP contribution in [0.4, 0.5) is 5.13 Å². The van der Waals surface area contributed by atoms with Crippen LogP contribution in [-0.2, 0) is 17.6 Å². The molecule has 0 saturated heterocycles. The second-order valence-corrected chi connectivity index (χ2v) is 7.26. The number of para-hydroxylation sites is 2. The van der Waals surface area contributed by atoms with E-state index in [0.717, 1.165) is 29.7 Å². The van der Waals surface area contributed by atoms with Crippen LogP contribution in [0.1, 0.15) is 28.5 Å². The quantitative estimate of drug-likeness (QED) is 0.387. The van der Waals surface area contributed by atoms with Gasteiger partial charge >= 0.3 is 0 Å². The minimum Gasteiger partial charge on any atom is -0.459 e. The summed E-state index contributed by atoms with van der Waals surface area (Å²) in [4.78, 5) is 36.1. The number of H-pyrrole nitrogens is 1. The van der Waals surface area contributed by atoms with Gasteiger partial charge in [-0.1, -0.05) is 12.1 Å². The van der Waals surface area contributed by atoms with Crippen LogP contribution >= 0.6 is 11.3 Å². The Bertz CT molecular complexity index is 1080. The Morgan fingerprint density at radius 2 is 2.03 bits per heavy atom. The third-order valence-corrected chi connectivity index (χ3v) is 5.02. The number of furan rings is 1. The van der Waals surface area contributed by atoms with E-state index in [2.05, 4.69) is 25.6 Å². The fourth-order valence-corrected chi connectivity index (χ4v) is 3.55. The summed E-state index contributed by atoms with van der Waals surface area (Å²) in [5.41, 5.74) is 2.58. The van der Waals surface area contributed by atoms with Gasteiger partial charge in [-0.25, -0.2) is 9.97 Å². The monoisotopic (exact) mass is 409 g/mol. The SMILES string of the molecule is O=C(Cc1csc(NC(=O)c2ccco2)n1)NCCCc1nc2ccccc2[nH]1. The molecule has 0 aliphatic heterocycles. The first-order valence-electron chi connectivity index (χ1n) is 9.17. The molecule has 3 N–H and O–H groups in total. The van der Waals surface area contributed by atoms with E-state index in [4.69, 9.17) is 4.42 Å². The van der Waals surface area contributed by atoms with Crippen molar-refractivity contribution in [1.82, 2.24) is 20.3 Å². The first kappa shape index (κ1) is 18.9. The van der Waals surface area contributed by atoms with Gasteiger partial charge in [0.25, 0.3) is 5.91 Å². The van der Waals surface area contributed by atoms with E-state index in [1.807, 2.05) is 24.3 Å². The van der Waals surface area contributed by atoms with E-state index < -0.39 is 0 Å². The van der Waals surface area contributed by atoms with Gasteiger partial charge in [-0.15, -0.1) is 11.3 Å². The van der Waals surface area contributed by atoms with Crippen molar-refractivity contribution in [3.8, 4) is 0 Å². The Kier molecular flexibility index (Phi) is 5.66. The van der Waals surface area contributed by atoms with Crippen LogP contribution in [0.25, 0.3) is 11.0 Å². The molecule has 1 aromatic carbocycles. The Morgan fingerprint density at radius 1 is 1.14 bits per heavy atom. The Hall–Kier alpha value is -3.46. The number of carbonyl (C=O) groups is 2. The predicted octanol–water partition coefficient (Wildman–Crippen LogP) is 3.16. The number of hydrogen-bond donors (Lipinski definition) is 3. The van der Waals surface area contributed by atoms with Crippen LogP contribution in [0, 0.1) is 0 Å². The molecule has 8 nitrogen and oxygen atoms in total. The second kappa shape index (κ2) is 8.70. The number of amides is 2. The van der Waals surface area contributed by atoms with Crippen LogP contribution in [-0.4, -0.2) is 33.3 Å². The fraction of sp³-hybridized carbons (Fsp3) is 0.200. The third kappa shape index (κ3) is 4.88. The van der Waals surface area contributed by atoms with Crippen molar-refractivity contribution in [3.63, 3.8) is 0 Å². The molecule has 29 heavy (non-hydrogen) atoms. The molecule has 0 saturated carbocycles. The number of carbonyl (C=O) groups excluding carboxylic acids is 2. The maximum Gasteiger partial charge on any atom is 0.293 e. The highest BCUT2D eigenvalue weighted by molar-refractivity contribution is 7.14. The van der Waals surface area contributed by atoms with Crippen molar-refractivity contribution in [2.24, 2.45) is 0 Å². The first-order chi connectivity index (χ1) is 14.2. The Balaban J connectivity index is 1.20. The van der Waals surface area contributed by atoms with Crippen LogP contribution in [0.15, 0.2) is 52.5 Å². The van der Waals surface area contributed by atoms with Crippen molar-refractivity contribution in [2.75, 3.05) is 11.9 Å². The molecule has 0 aliphatic rings. The van der Waals surface area contributed by atoms with E-state index in [1.165, 1.54) is 17.6 Å². The molecule has 3 aromatic heterocycles. The van der Waals surface area contributed by atoms with Crippen LogP contribution in [0.2, 0.25) is 0 Å². The number of thiazole rings is 1. The fourth-order valence-electron chi connectivity index (χ4n) is 2.85. The van der Waals surface area contributed by atoms with Gasteiger partial charge in [0.1, 0.15) is 5.82 Å². The van der Waals surface area contributed by atoms with Crippen LogP contribution < -0.4 is 10.6 Å². The molecule has 4 rings (SSSR count). The molecule has 9 heteroatoms. The zero-order chi connectivity index (χ0) is 20.1. The van der Waals surface area contributed by atoms with Crippen LogP contribution in [0.3, 0.4) is 0 Å². The summed E-state index contributed by atoms with van der Waals surface area (Å²) < 4.78 is 5.04. The molecule has 0 radical (unpaired) electrons. The summed E-state index contributed by atoms with van der Waals surface area (Å²) in [5, 5.41) is 7.73. The average molecular weight is 409 g/mol. The number of aromatic amines is 1. The molecular weight excluding hydrogens is 390 g/mol. The van der Waals surface area contributed by atoms with Crippen molar-refractivity contribution in [1.29, 1.82) is 0 Å². The van der Waals surface area contributed by atoms with E-state index >= 15 is 0 Å². The number of nitrogens with one attached hydrogen (secondary N) is 3. The number of aromatic nitrogens is 3. The molecule has 2 amide bonds. The maximum absolute atomic E-state index is 12.1. The number of rotatable bonds is 8. The third-order valence-electron chi connectivity index (χ3n) is 4.21. The summed E-state index contributed by atoms with van der Waals surface area (Å²) in [6.45, 7) is 0.558. The normalized spacial score (nSPS) is 10.9. The van der Waals surface area contributed by atoms with E-state index in [0.29, 0.717) is 17.4 Å². The average Bonchev–Trinajstić information content (AvgIpc) is 3.45. The van der Waals surface area contributed by atoms with Crippen molar-refractivity contribution < 1.29 is 14.0 Å². The summed E-state index contributed by atoms with van der Waals surface area (Å²) in [6, 6.07) is 11.1. The smallest absolute Gasteiger partial charge is 0.293 e. The first-order valence-corrected chi connectivity index (χ1v) is 10.0. The lowest BCUT2D eigenvalue weighted by Crippen LogP contribution is -2.26. The van der Waals surface area contributed by atoms with E-state index in [9.17, 15) is 9.59 Å². The molecule has 0 atom stereocenters. The van der Waals surface area contributed by atoms with Gasteiger partial charge in [-0.05, 0) is 30.7 Å². The van der Waals surface area contributed by atoms with Gasteiger partial charge in [0.05, 0.1) is 29.4 Å². The maximum atomic E-state index is 12.1. The minimum absolute atomic E-state index is 0.108. The molecule has 3 heterocycles. The number of benzene rings is 1. The summed E-state index contributed by atoms with van der Waals surface area (Å²) in [7, 11) is 0. The topological polar surface area (TPSA) is 113 Å². The number of nitrogens with zero attached hydrogens (tertiary/aromatic N) is 2. The second-order valence-electron chi connectivity index (χ2n) is 6.41. The number of hydrogen-bond acceptors (Lipinski definition) is 6. The van der Waals surface area contributed by atoms with Gasteiger partial charge in [-0.2, -0.15) is 0 Å². The largest absolute Gasteiger partial charge is 0.459 e. The van der Waals surface area contributed by atoms with Crippen molar-refractivity contribution in [2.45, 2.75) is 19.3 Å².